The summed E-state index contributed by atoms with van der Waals surface area (Å²) in [6, 6.07) is 0.283. The third-order valence-corrected chi connectivity index (χ3v) is 3.43. The van der Waals surface area contributed by atoms with Crippen LogP contribution in [0.2, 0.25) is 0 Å². The summed E-state index contributed by atoms with van der Waals surface area (Å²) in [5.74, 6) is -0.688. The average molecular weight is 265 g/mol. The van der Waals surface area contributed by atoms with Gasteiger partial charge in [0.25, 0.3) is 5.56 Å². The Bertz CT molecular complexity index is 552. The highest BCUT2D eigenvalue weighted by atomic mass is 16.5. The summed E-state index contributed by atoms with van der Waals surface area (Å²) < 4.78 is 6.83. The molecular weight excluding hydrogens is 250 g/mol. The summed E-state index contributed by atoms with van der Waals surface area (Å²) in [5.41, 5.74) is -0.143. The van der Waals surface area contributed by atoms with Crippen molar-refractivity contribution in [3.05, 3.63) is 22.7 Å². The van der Waals surface area contributed by atoms with Crippen molar-refractivity contribution in [2.45, 2.75) is 25.0 Å². The second-order valence-corrected chi connectivity index (χ2v) is 4.84. The van der Waals surface area contributed by atoms with Crippen molar-refractivity contribution in [2.24, 2.45) is 0 Å². The third kappa shape index (κ3) is 2.33. The quantitative estimate of drug-likeness (QED) is 0.819. The van der Waals surface area contributed by atoms with E-state index in [2.05, 4.69) is 4.98 Å². The molecule has 1 N–H and O–H groups in total. The van der Waals surface area contributed by atoms with Crippen LogP contribution in [0.3, 0.4) is 0 Å². The van der Waals surface area contributed by atoms with Gasteiger partial charge in [-0.15, -0.1) is 0 Å². The van der Waals surface area contributed by atoms with Gasteiger partial charge in [-0.2, -0.15) is 0 Å². The van der Waals surface area contributed by atoms with Crippen LogP contribution in [-0.4, -0.2) is 46.4 Å². The summed E-state index contributed by atoms with van der Waals surface area (Å²) in [4.78, 5) is 29.1. The fourth-order valence-electron chi connectivity index (χ4n) is 2.26. The minimum atomic E-state index is -1.01. The van der Waals surface area contributed by atoms with Gasteiger partial charge in [-0.25, -0.2) is 9.78 Å². The Hall–Kier alpha value is -1.89. The molecule has 1 aliphatic heterocycles. The van der Waals surface area contributed by atoms with Gasteiger partial charge >= 0.3 is 5.97 Å². The molecule has 2 fully saturated rings. The minimum absolute atomic E-state index is 0.143. The number of aromatic nitrogens is 2. The van der Waals surface area contributed by atoms with Crippen molar-refractivity contribution in [3.8, 4) is 0 Å². The highest BCUT2D eigenvalue weighted by Crippen LogP contribution is 2.33. The number of hydrogen-bond acceptors (Lipinski definition) is 5. The van der Waals surface area contributed by atoms with E-state index < -0.39 is 12.1 Å². The van der Waals surface area contributed by atoms with Crippen LogP contribution in [0.1, 0.15) is 18.9 Å². The Morgan fingerprint density at radius 2 is 2.26 bits per heavy atom. The molecule has 3 rings (SSSR count). The fourth-order valence-corrected chi connectivity index (χ4v) is 2.26. The van der Waals surface area contributed by atoms with Gasteiger partial charge in [0, 0.05) is 25.0 Å². The molecule has 1 aliphatic carbocycles. The Labute approximate surface area is 109 Å². The summed E-state index contributed by atoms with van der Waals surface area (Å²) in [5, 5.41) is 8.97. The smallest absolute Gasteiger partial charge is 0.334 e. The summed E-state index contributed by atoms with van der Waals surface area (Å²) in [6.45, 7) is 0.934. The van der Waals surface area contributed by atoms with Gasteiger partial charge in [-0.1, -0.05) is 0 Å². The van der Waals surface area contributed by atoms with E-state index in [1.807, 2.05) is 0 Å². The van der Waals surface area contributed by atoms with Crippen LogP contribution in [0.25, 0.3) is 0 Å². The Morgan fingerprint density at radius 3 is 2.95 bits per heavy atom. The van der Waals surface area contributed by atoms with Crippen LogP contribution in [-0.2, 0) is 9.53 Å². The Morgan fingerprint density at radius 1 is 1.47 bits per heavy atom. The van der Waals surface area contributed by atoms with E-state index in [-0.39, 0.29) is 24.8 Å². The molecule has 102 valence electrons. The van der Waals surface area contributed by atoms with Crippen molar-refractivity contribution in [3.63, 3.8) is 0 Å². The van der Waals surface area contributed by atoms with E-state index >= 15 is 0 Å². The molecule has 0 aromatic carbocycles. The number of ether oxygens (including phenoxy) is 1. The van der Waals surface area contributed by atoms with Crippen LogP contribution < -0.4 is 10.5 Å². The van der Waals surface area contributed by atoms with Crippen molar-refractivity contribution >= 4 is 11.8 Å². The first-order valence-electron chi connectivity index (χ1n) is 6.33. The molecule has 0 spiro atoms. The molecule has 7 heteroatoms. The van der Waals surface area contributed by atoms with Gasteiger partial charge in [0.2, 0.25) is 0 Å². The first-order chi connectivity index (χ1) is 9.16. The molecular formula is C12H15N3O4. The maximum atomic E-state index is 12.3. The molecule has 1 unspecified atom stereocenters. The molecule has 0 amide bonds. The molecule has 1 aromatic heterocycles. The lowest BCUT2D eigenvalue weighted by Crippen LogP contribution is -2.48. The molecule has 1 atom stereocenters. The van der Waals surface area contributed by atoms with Gasteiger partial charge in [0.15, 0.2) is 11.9 Å². The largest absolute Gasteiger partial charge is 0.479 e. The van der Waals surface area contributed by atoms with Crippen LogP contribution in [0.15, 0.2) is 17.2 Å². The number of rotatable bonds is 3. The van der Waals surface area contributed by atoms with E-state index in [9.17, 15) is 9.59 Å². The molecule has 0 bridgehead atoms. The second-order valence-electron chi connectivity index (χ2n) is 4.84. The summed E-state index contributed by atoms with van der Waals surface area (Å²) in [7, 11) is 0. The van der Waals surface area contributed by atoms with E-state index in [0.717, 1.165) is 12.8 Å². The van der Waals surface area contributed by atoms with Gasteiger partial charge in [0.1, 0.15) is 0 Å². The molecule has 1 saturated carbocycles. The molecule has 0 radical (unpaired) electrons. The van der Waals surface area contributed by atoms with Crippen molar-refractivity contribution < 1.29 is 14.6 Å². The highest BCUT2D eigenvalue weighted by Gasteiger charge is 2.30. The molecule has 2 aliphatic rings. The normalized spacial score (nSPS) is 23.4. The van der Waals surface area contributed by atoms with Gasteiger partial charge in [0.05, 0.1) is 13.2 Å². The zero-order chi connectivity index (χ0) is 13.4. The van der Waals surface area contributed by atoms with Gasteiger partial charge < -0.3 is 19.3 Å². The molecule has 1 saturated heterocycles. The van der Waals surface area contributed by atoms with Gasteiger partial charge in [-0.3, -0.25) is 4.79 Å². The number of carbonyl (C=O) groups is 1. The predicted molar refractivity (Wildman–Crippen MR) is 66.4 cm³/mol. The Kier molecular flexibility index (Phi) is 2.98. The lowest BCUT2D eigenvalue weighted by atomic mass is 10.2. The summed E-state index contributed by atoms with van der Waals surface area (Å²) >= 11 is 0. The summed E-state index contributed by atoms with van der Waals surface area (Å²) in [6.07, 6.45) is 4.43. The van der Waals surface area contributed by atoms with Crippen LogP contribution >= 0.6 is 0 Å². The SMILES string of the molecule is O=C(O)C1CN(c2nccn(C3CC3)c2=O)CCO1. The van der Waals surface area contributed by atoms with E-state index in [1.165, 1.54) is 0 Å². The fraction of sp³-hybridized carbons (Fsp3) is 0.583. The first-order valence-corrected chi connectivity index (χ1v) is 6.33. The highest BCUT2D eigenvalue weighted by molar-refractivity contribution is 5.73. The van der Waals surface area contributed by atoms with E-state index in [1.54, 1.807) is 21.9 Å². The lowest BCUT2D eigenvalue weighted by Gasteiger charge is -2.31. The van der Waals surface area contributed by atoms with Crippen molar-refractivity contribution in [1.29, 1.82) is 0 Å². The van der Waals surface area contributed by atoms with Crippen LogP contribution in [0.5, 0.6) is 0 Å². The van der Waals surface area contributed by atoms with Crippen LogP contribution in [0, 0.1) is 0 Å². The second kappa shape index (κ2) is 4.65. The van der Waals surface area contributed by atoms with E-state index in [0.29, 0.717) is 12.4 Å². The molecule has 19 heavy (non-hydrogen) atoms. The van der Waals surface area contributed by atoms with E-state index in [4.69, 9.17) is 9.84 Å². The van der Waals surface area contributed by atoms with Crippen molar-refractivity contribution in [1.82, 2.24) is 9.55 Å². The number of morpholine rings is 1. The number of carboxylic acid groups (broad SMARTS) is 1. The molecule has 1 aromatic rings. The van der Waals surface area contributed by atoms with Crippen molar-refractivity contribution in [2.75, 3.05) is 24.6 Å². The predicted octanol–water partition coefficient (Wildman–Crippen LogP) is -0.132. The number of nitrogens with zero attached hydrogens (tertiary/aromatic N) is 3. The zero-order valence-electron chi connectivity index (χ0n) is 10.4. The molecule has 7 nitrogen and oxygen atoms in total. The number of carboxylic acids is 1. The van der Waals surface area contributed by atoms with Crippen LogP contribution in [0.4, 0.5) is 5.82 Å². The number of hydrogen-bond donors (Lipinski definition) is 1. The number of aliphatic carboxylic acids is 1. The Balaban J connectivity index is 1.87. The molecule has 2 heterocycles. The topological polar surface area (TPSA) is 84.7 Å². The van der Waals surface area contributed by atoms with Gasteiger partial charge in [-0.05, 0) is 12.8 Å². The zero-order valence-corrected chi connectivity index (χ0v) is 10.4. The maximum absolute atomic E-state index is 12.3. The minimum Gasteiger partial charge on any atom is -0.479 e. The lowest BCUT2D eigenvalue weighted by molar-refractivity contribution is -0.150. The maximum Gasteiger partial charge on any atom is 0.334 e. The average Bonchev–Trinajstić information content (AvgIpc) is 3.23. The standard InChI is InChI=1S/C12H15N3O4/c16-11-10(13-3-4-15(11)8-1-2-8)14-5-6-19-9(7-14)12(17)18/h3-4,8-9H,1-2,5-7H2,(H,17,18). The third-order valence-electron chi connectivity index (χ3n) is 3.43. The number of anilines is 1. The monoisotopic (exact) mass is 265 g/mol. The first kappa shape index (κ1) is 12.2.